The van der Waals surface area contributed by atoms with Crippen LogP contribution < -0.4 is 4.90 Å². The van der Waals surface area contributed by atoms with E-state index in [2.05, 4.69) is 29.8 Å². The van der Waals surface area contributed by atoms with Gasteiger partial charge in [-0.25, -0.2) is 0 Å². The van der Waals surface area contributed by atoms with Crippen LogP contribution in [0, 0.1) is 16.7 Å². The number of hydrogen-bond donors (Lipinski definition) is 0. The first-order valence-corrected chi connectivity index (χ1v) is 5.21. The minimum Gasteiger partial charge on any atom is -0.369 e. The number of anilines is 1. The second-order valence-corrected chi connectivity index (χ2v) is 4.84. The van der Waals surface area contributed by atoms with E-state index >= 15 is 0 Å². The molecule has 0 unspecified atom stereocenters. The largest absolute Gasteiger partial charge is 0.369 e. The van der Waals surface area contributed by atoms with Gasteiger partial charge in [-0.05, 0) is 17.9 Å². The Balaban J connectivity index is 2.28. The fraction of sp³-hybridized carbons (Fsp3) is 0.500. The molecule has 1 saturated heterocycles. The maximum atomic E-state index is 9.00. The van der Waals surface area contributed by atoms with Crippen molar-refractivity contribution < 1.29 is 0 Å². The summed E-state index contributed by atoms with van der Waals surface area (Å²) in [6.07, 6.45) is 4.63. The van der Waals surface area contributed by atoms with E-state index in [1.165, 1.54) is 6.42 Å². The van der Waals surface area contributed by atoms with Crippen LogP contribution in [0.4, 0.5) is 5.69 Å². The van der Waals surface area contributed by atoms with Gasteiger partial charge in [0.05, 0.1) is 17.4 Å². The predicted octanol–water partition coefficient (Wildman–Crippen LogP) is 2.19. The zero-order valence-corrected chi connectivity index (χ0v) is 9.20. The molecule has 0 atom stereocenters. The molecule has 2 rings (SSSR count). The molecule has 3 nitrogen and oxygen atoms in total. The molecular formula is C12H15N3. The van der Waals surface area contributed by atoms with Gasteiger partial charge in [-0.15, -0.1) is 0 Å². The van der Waals surface area contributed by atoms with Gasteiger partial charge in [-0.3, -0.25) is 4.98 Å². The number of hydrogen-bond acceptors (Lipinski definition) is 3. The molecule has 1 aromatic rings. The molecule has 0 aliphatic carbocycles. The van der Waals surface area contributed by atoms with Crippen molar-refractivity contribution in [2.45, 2.75) is 20.3 Å². The third-order valence-corrected chi connectivity index (χ3v) is 2.94. The highest BCUT2D eigenvalue weighted by Crippen LogP contribution is 2.33. The summed E-state index contributed by atoms with van der Waals surface area (Å²) in [5.41, 5.74) is 2.05. The Labute approximate surface area is 90.4 Å². The van der Waals surface area contributed by atoms with Crippen LogP contribution in [0.15, 0.2) is 18.5 Å². The Morgan fingerprint density at radius 2 is 2.33 bits per heavy atom. The average Bonchev–Trinajstić information content (AvgIpc) is 2.59. The quantitative estimate of drug-likeness (QED) is 0.699. The Morgan fingerprint density at radius 3 is 2.93 bits per heavy atom. The van der Waals surface area contributed by atoms with Crippen molar-refractivity contribution >= 4 is 5.69 Å². The smallest absolute Gasteiger partial charge is 0.101 e. The Bertz CT molecular complexity index is 404. The van der Waals surface area contributed by atoms with Crippen molar-refractivity contribution in [2.75, 3.05) is 18.0 Å². The van der Waals surface area contributed by atoms with Crippen molar-refractivity contribution in [2.24, 2.45) is 5.41 Å². The van der Waals surface area contributed by atoms with E-state index in [1.54, 1.807) is 18.5 Å². The third kappa shape index (κ3) is 1.94. The highest BCUT2D eigenvalue weighted by atomic mass is 15.2. The second kappa shape index (κ2) is 3.54. The van der Waals surface area contributed by atoms with Gasteiger partial charge in [0.1, 0.15) is 6.07 Å². The molecule has 1 aliphatic rings. The number of nitrogens with zero attached hydrogens (tertiary/aromatic N) is 3. The number of aromatic nitrogens is 1. The molecule has 3 heteroatoms. The standard InChI is InChI=1S/C12H15N3/c1-12(2)4-6-15(9-12)11-8-14-5-3-10(11)7-13/h3,5,8H,4,6,9H2,1-2H3. The van der Waals surface area contributed by atoms with Gasteiger partial charge in [-0.1, -0.05) is 13.8 Å². The summed E-state index contributed by atoms with van der Waals surface area (Å²) in [5.74, 6) is 0. The Hall–Kier alpha value is -1.56. The van der Waals surface area contributed by atoms with E-state index in [-0.39, 0.29) is 0 Å². The molecule has 0 amide bonds. The van der Waals surface area contributed by atoms with Crippen molar-refractivity contribution in [3.05, 3.63) is 24.0 Å². The lowest BCUT2D eigenvalue weighted by atomic mass is 9.93. The van der Waals surface area contributed by atoms with Gasteiger partial charge >= 0.3 is 0 Å². The van der Waals surface area contributed by atoms with E-state index < -0.39 is 0 Å². The highest BCUT2D eigenvalue weighted by Gasteiger charge is 2.30. The number of pyridine rings is 1. The normalized spacial score (nSPS) is 18.9. The van der Waals surface area contributed by atoms with Gasteiger partial charge in [0, 0.05) is 19.3 Å². The molecule has 1 aromatic heterocycles. The van der Waals surface area contributed by atoms with Crippen LogP contribution >= 0.6 is 0 Å². The first-order chi connectivity index (χ1) is 7.12. The highest BCUT2D eigenvalue weighted by molar-refractivity contribution is 5.58. The third-order valence-electron chi connectivity index (χ3n) is 2.94. The van der Waals surface area contributed by atoms with E-state index in [0.717, 1.165) is 24.3 Å². The summed E-state index contributed by atoms with van der Waals surface area (Å²) in [4.78, 5) is 6.35. The summed E-state index contributed by atoms with van der Waals surface area (Å²) in [5, 5.41) is 9.00. The predicted molar refractivity (Wildman–Crippen MR) is 59.6 cm³/mol. The zero-order chi connectivity index (χ0) is 10.9. The van der Waals surface area contributed by atoms with Crippen molar-refractivity contribution in [3.63, 3.8) is 0 Å². The topological polar surface area (TPSA) is 39.9 Å². The number of nitriles is 1. The van der Waals surface area contributed by atoms with Crippen molar-refractivity contribution in [1.82, 2.24) is 4.98 Å². The van der Waals surface area contributed by atoms with E-state index in [1.807, 2.05) is 0 Å². The Morgan fingerprint density at radius 1 is 1.53 bits per heavy atom. The molecule has 0 aromatic carbocycles. The molecule has 0 saturated carbocycles. The lowest BCUT2D eigenvalue weighted by Crippen LogP contribution is -2.23. The van der Waals surface area contributed by atoms with Gasteiger partial charge in [0.25, 0.3) is 0 Å². The van der Waals surface area contributed by atoms with Gasteiger partial charge in [0.15, 0.2) is 0 Å². The van der Waals surface area contributed by atoms with Crippen molar-refractivity contribution in [3.8, 4) is 6.07 Å². The van der Waals surface area contributed by atoms with E-state index in [9.17, 15) is 0 Å². The molecule has 2 heterocycles. The molecular weight excluding hydrogens is 186 g/mol. The lowest BCUT2D eigenvalue weighted by molar-refractivity contribution is 0.418. The van der Waals surface area contributed by atoms with E-state index in [0.29, 0.717) is 5.41 Å². The zero-order valence-electron chi connectivity index (χ0n) is 9.20. The average molecular weight is 201 g/mol. The molecule has 0 spiro atoms. The van der Waals surface area contributed by atoms with Crippen LogP contribution in [-0.2, 0) is 0 Å². The van der Waals surface area contributed by atoms with Crippen LogP contribution in [-0.4, -0.2) is 18.1 Å². The summed E-state index contributed by atoms with van der Waals surface area (Å²) in [6.45, 7) is 6.55. The van der Waals surface area contributed by atoms with E-state index in [4.69, 9.17) is 5.26 Å². The number of rotatable bonds is 1. The maximum absolute atomic E-state index is 9.00. The molecule has 0 radical (unpaired) electrons. The van der Waals surface area contributed by atoms with Crippen LogP contribution in [0.5, 0.6) is 0 Å². The second-order valence-electron chi connectivity index (χ2n) is 4.84. The van der Waals surface area contributed by atoms with Crippen LogP contribution in [0.2, 0.25) is 0 Å². The molecule has 1 aliphatic heterocycles. The molecule has 0 bridgehead atoms. The van der Waals surface area contributed by atoms with Gasteiger partial charge in [-0.2, -0.15) is 5.26 Å². The molecule has 15 heavy (non-hydrogen) atoms. The van der Waals surface area contributed by atoms with Gasteiger partial charge in [0.2, 0.25) is 0 Å². The Kier molecular flexibility index (Phi) is 2.36. The summed E-state index contributed by atoms with van der Waals surface area (Å²) < 4.78 is 0. The summed E-state index contributed by atoms with van der Waals surface area (Å²) in [6, 6.07) is 4.00. The van der Waals surface area contributed by atoms with Crippen LogP contribution in [0.25, 0.3) is 0 Å². The first-order valence-electron chi connectivity index (χ1n) is 5.21. The minimum absolute atomic E-state index is 0.350. The first kappa shape index (κ1) is 9.97. The fourth-order valence-electron chi connectivity index (χ4n) is 2.05. The van der Waals surface area contributed by atoms with Crippen molar-refractivity contribution in [1.29, 1.82) is 5.26 Å². The molecule has 1 fully saturated rings. The molecule has 0 N–H and O–H groups in total. The minimum atomic E-state index is 0.350. The monoisotopic (exact) mass is 201 g/mol. The lowest BCUT2D eigenvalue weighted by Gasteiger charge is -2.21. The van der Waals surface area contributed by atoms with Gasteiger partial charge < -0.3 is 4.90 Å². The van der Waals surface area contributed by atoms with Crippen LogP contribution in [0.1, 0.15) is 25.8 Å². The van der Waals surface area contributed by atoms with Crippen LogP contribution in [0.3, 0.4) is 0 Å². The molecule has 78 valence electrons. The summed E-state index contributed by atoms with van der Waals surface area (Å²) in [7, 11) is 0. The summed E-state index contributed by atoms with van der Waals surface area (Å²) >= 11 is 0. The maximum Gasteiger partial charge on any atom is 0.101 e. The fourth-order valence-corrected chi connectivity index (χ4v) is 2.05. The SMILES string of the molecule is CC1(C)CCN(c2cnccc2C#N)C1.